The molecule has 194 valence electrons. The maximum absolute atomic E-state index is 12.3. The molecule has 4 aromatic rings. The minimum absolute atomic E-state index is 0.0753. The molecule has 2 aliphatic heterocycles. The first-order valence-electron chi connectivity index (χ1n) is 12.7. The molecule has 2 atom stereocenters. The number of H-pyrrole nitrogens is 1. The summed E-state index contributed by atoms with van der Waals surface area (Å²) in [4.78, 5) is 25.9. The average Bonchev–Trinajstić information content (AvgIpc) is 2.96. The molecule has 1 saturated heterocycles. The van der Waals surface area contributed by atoms with E-state index in [1.807, 2.05) is 43.3 Å². The molecule has 0 aliphatic carbocycles. The van der Waals surface area contributed by atoms with Crippen molar-refractivity contribution in [1.29, 1.82) is 0 Å². The van der Waals surface area contributed by atoms with Crippen molar-refractivity contribution in [1.82, 2.24) is 15.0 Å². The van der Waals surface area contributed by atoms with Crippen LogP contribution in [0.15, 0.2) is 71.9 Å². The third kappa shape index (κ3) is 4.73. The minimum atomic E-state index is -0.209. The van der Waals surface area contributed by atoms with Crippen LogP contribution in [-0.2, 0) is 17.8 Å². The van der Waals surface area contributed by atoms with E-state index >= 15 is 0 Å². The topological polar surface area (TPSA) is 113 Å². The smallest absolute Gasteiger partial charge is 0.271 e. The number of rotatable bonds is 6. The molecule has 9 nitrogen and oxygen atoms in total. The molecule has 0 radical (unpaired) electrons. The maximum Gasteiger partial charge on any atom is 0.271 e. The predicted octanol–water partition coefficient (Wildman–Crippen LogP) is 4.10. The fourth-order valence-electron chi connectivity index (χ4n) is 5.05. The Balaban J connectivity index is 1.20. The van der Waals surface area contributed by atoms with Gasteiger partial charge in [0.1, 0.15) is 29.1 Å². The second kappa shape index (κ2) is 10.3. The number of morpholine rings is 1. The Morgan fingerprint density at radius 3 is 2.84 bits per heavy atom. The Hall–Kier alpha value is -4.21. The number of nitrogens with zero attached hydrogens (tertiary/aromatic N) is 3. The van der Waals surface area contributed by atoms with Gasteiger partial charge >= 0.3 is 0 Å². The number of aromatic amines is 1. The molecule has 0 saturated carbocycles. The van der Waals surface area contributed by atoms with Gasteiger partial charge in [-0.25, -0.2) is 9.97 Å². The summed E-state index contributed by atoms with van der Waals surface area (Å²) < 4.78 is 12.6. The van der Waals surface area contributed by atoms with Crippen molar-refractivity contribution >= 4 is 11.4 Å². The van der Waals surface area contributed by atoms with E-state index in [4.69, 9.17) is 9.47 Å². The first-order chi connectivity index (χ1) is 18.6. The maximum atomic E-state index is 12.3. The number of aliphatic hydroxyl groups is 1. The van der Waals surface area contributed by atoms with E-state index in [-0.39, 0.29) is 24.3 Å². The minimum Gasteiger partial charge on any atom is -0.456 e. The van der Waals surface area contributed by atoms with Gasteiger partial charge in [0, 0.05) is 60.5 Å². The number of anilines is 2. The van der Waals surface area contributed by atoms with Gasteiger partial charge < -0.3 is 29.8 Å². The molecular weight excluding hydrogens is 482 g/mol. The van der Waals surface area contributed by atoms with Gasteiger partial charge in [-0.1, -0.05) is 18.2 Å². The summed E-state index contributed by atoms with van der Waals surface area (Å²) in [6.07, 6.45) is 5.46. The zero-order valence-electron chi connectivity index (χ0n) is 21.1. The van der Waals surface area contributed by atoms with Crippen molar-refractivity contribution in [2.24, 2.45) is 0 Å². The standard InChI is InChI=1S/C29H29N5O4/c1-18(28-31-14-19(17-35)15-32-28)33-22-7-8-25-21(13-22)12-20-4-2-5-23(27(20)38-25)26-16-34(10-11-37-26)24-6-3-9-30-29(24)36/h2-9,13-15,18,26,33,35H,10-12,16-17H2,1H3,(H,30,36). The summed E-state index contributed by atoms with van der Waals surface area (Å²) in [5.74, 6) is 2.31. The van der Waals surface area contributed by atoms with E-state index in [1.54, 1.807) is 18.6 Å². The number of aromatic nitrogens is 3. The summed E-state index contributed by atoms with van der Waals surface area (Å²) >= 11 is 0. The lowest BCUT2D eigenvalue weighted by atomic mass is 9.95. The highest BCUT2D eigenvalue weighted by molar-refractivity contribution is 5.59. The Morgan fingerprint density at radius 1 is 1.16 bits per heavy atom. The summed E-state index contributed by atoms with van der Waals surface area (Å²) in [6, 6.07) is 15.8. The van der Waals surface area contributed by atoms with Crippen LogP contribution in [-0.4, -0.2) is 39.8 Å². The van der Waals surface area contributed by atoms with Gasteiger partial charge in [0.15, 0.2) is 0 Å². The summed E-state index contributed by atoms with van der Waals surface area (Å²) in [5, 5.41) is 12.7. The van der Waals surface area contributed by atoms with Crippen molar-refractivity contribution in [3.05, 3.63) is 106 Å². The number of para-hydroxylation sites is 1. The van der Waals surface area contributed by atoms with Gasteiger partial charge in [-0.2, -0.15) is 0 Å². The van der Waals surface area contributed by atoms with Crippen molar-refractivity contribution in [2.75, 3.05) is 29.9 Å². The highest BCUT2D eigenvalue weighted by Crippen LogP contribution is 2.43. The summed E-state index contributed by atoms with van der Waals surface area (Å²) in [6.45, 7) is 3.68. The monoisotopic (exact) mass is 511 g/mol. The second-order valence-corrected chi connectivity index (χ2v) is 9.60. The lowest BCUT2D eigenvalue weighted by molar-refractivity contribution is 0.0383. The quantitative estimate of drug-likeness (QED) is 0.312. The molecule has 0 spiro atoms. The summed E-state index contributed by atoms with van der Waals surface area (Å²) in [7, 11) is 0. The Bertz CT molecular complexity index is 1500. The van der Waals surface area contributed by atoms with Crippen LogP contribution in [0.5, 0.6) is 11.5 Å². The number of aliphatic hydroxyl groups excluding tert-OH is 1. The fraction of sp³-hybridized carbons (Fsp3) is 0.276. The van der Waals surface area contributed by atoms with Gasteiger partial charge in [0.05, 0.1) is 19.3 Å². The van der Waals surface area contributed by atoms with Crippen LogP contribution in [0.4, 0.5) is 11.4 Å². The number of nitrogens with one attached hydrogen (secondary N) is 2. The average molecular weight is 512 g/mol. The number of ether oxygens (including phenoxy) is 2. The molecule has 9 heteroatoms. The van der Waals surface area contributed by atoms with Gasteiger partial charge in [0.25, 0.3) is 5.56 Å². The lowest BCUT2D eigenvalue weighted by Crippen LogP contribution is -2.41. The first kappa shape index (κ1) is 24.1. The van der Waals surface area contributed by atoms with Crippen LogP contribution < -0.4 is 20.5 Å². The van der Waals surface area contributed by atoms with E-state index < -0.39 is 0 Å². The van der Waals surface area contributed by atoms with Gasteiger partial charge in [-0.15, -0.1) is 0 Å². The zero-order chi connectivity index (χ0) is 26.1. The number of fused-ring (bicyclic) bond motifs is 2. The van der Waals surface area contributed by atoms with Gasteiger partial charge in [0.2, 0.25) is 0 Å². The molecule has 2 aromatic heterocycles. The highest BCUT2D eigenvalue weighted by Gasteiger charge is 2.29. The van der Waals surface area contributed by atoms with Gasteiger partial charge in [-0.3, -0.25) is 4.79 Å². The van der Waals surface area contributed by atoms with Crippen LogP contribution in [0, 0.1) is 0 Å². The molecule has 2 aromatic carbocycles. The molecule has 38 heavy (non-hydrogen) atoms. The lowest BCUT2D eigenvalue weighted by Gasteiger charge is -2.35. The number of benzene rings is 2. The Labute approximate surface area is 220 Å². The van der Waals surface area contributed by atoms with Crippen molar-refractivity contribution in [3.63, 3.8) is 0 Å². The second-order valence-electron chi connectivity index (χ2n) is 9.60. The molecule has 0 bridgehead atoms. The predicted molar refractivity (Wildman–Crippen MR) is 144 cm³/mol. The van der Waals surface area contributed by atoms with E-state index in [0.717, 1.165) is 40.3 Å². The van der Waals surface area contributed by atoms with E-state index in [2.05, 4.69) is 37.3 Å². The fourth-order valence-corrected chi connectivity index (χ4v) is 5.05. The van der Waals surface area contributed by atoms with Crippen molar-refractivity contribution in [3.8, 4) is 11.5 Å². The van der Waals surface area contributed by atoms with Gasteiger partial charge in [-0.05, 0) is 42.8 Å². The number of hydrogen-bond donors (Lipinski definition) is 3. The number of hydrogen-bond acceptors (Lipinski definition) is 8. The van der Waals surface area contributed by atoms with E-state index in [9.17, 15) is 9.90 Å². The first-order valence-corrected chi connectivity index (χ1v) is 12.7. The van der Waals surface area contributed by atoms with Crippen molar-refractivity contribution in [2.45, 2.75) is 32.1 Å². The van der Waals surface area contributed by atoms with Crippen molar-refractivity contribution < 1.29 is 14.6 Å². The molecule has 4 heterocycles. The number of pyridine rings is 1. The SMILES string of the molecule is CC(Nc1ccc2c(c1)Cc1cccc(C3CN(c4ccc[nH]c4=O)CCO3)c1O2)c1ncc(CO)cn1. The van der Waals surface area contributed by atoms with Crippen LogP contribution in [0.3, 0.4) is 0 Å². The van der Waals surface area contributed by atoms with E-state index in [1.165, 1.54) is 0 Å². The Morgan fingerprint density at radius 2 is 2.03 bits per heavy atom. The largest absolute Gasteiger partial charge is 0.456 e. The Kier molecular flexibility index (Phi) is 6.53. The van der Waals surface area contributed by atoms with Crippen LogP contribution in [0.25, 0.3) is 0 Å². The van der Waals surface area contributed by atoms with E-state index in [0.29, 0.717) is 36.8 Å². The zero-order valence-corrected chi connectivity index (χ0v) is 21.1. The third-order valence-electron chi connectivity index (χ3n) is 7.01. The highest BCUT2D eigenvalue weighted by atomic mass is 16.5. The third-order valence-corrected chi connectivity index (χ3v) is 7.01. The van der Waals surface area contributed by atoms with Crippen LogP contribution in [0.2, 0.25) is 0 Å². The van der Waals surface area contributed by atoms with Crippen LogP contribution in [0.1, 0.15) is 47.1 Å². The molecule has 6 rings (SSSR count). The summed E-state index contributed by atoms with van der Waals surface area (Å²) in [5.41, 5.74) is 5.37. The molecule has 1 fully saturated rings. The molecule has 3 N–H and O–H groups in total. The van der Waals surface area contributed by atoms with Crippen LogP contribution >= 0.6 is 0 Å². The molecule has 2 aliphatic rings. The molecule has 2 unspecified atom stereocenters. The molecular formula is C29H29N5O4. The molecule has 0 amide bonds. The normalized spacial score (nSPS) is 17.2.